The number of fused-ring (bicyclic) bond motifs is 4. The molecule has 2 bridgehead atoms. The van der Waals surface area contributed by atoms with Gasteiger partial charge in [0.25, 0.3) is 5.91 Å². The minimum absolute atomic E-state index is 0.0362. The van der Waals surface area contributed by atoms with Gasteiger partial charge in [0, 0.05) is 44.3 Å². The van der Waals surface area contributed by atoms with Crippen LogP contribution in [0.4, 0.5) is 0 Å². The van der Waals surface area contributed by atoms with Crippen LogP contribution in [0.5, 0.6) is 11.5 Å². The summed E-state index contributed by atoms with van der Waals surface area (Å²) in [6.45, 7) is 6.65. The van der Waals surface area contributed by atoms with Crippen LogP contribution in [0.3, 0.4) is 0 Å². The lowest BCUT2D eigenvalue weighted by Crippen LogP contribution is -2.58. The second-order valence-electron chi connectivity index (χ2n) is 9.04. The molecule has 29 heavy (non-hydrogen) atoms. The Kier molecular flexibility index (Phi) is 6.27. The third-order valence-corrected chi connectivity index (χ3v) is 6.62. The van der Waals surface area contributed by atoms with Crippen molar-refractivity contribution in [2.45, 2.75) is 18.9 Å². The third-order valence-electron chi connectivity index (χ3n) is 6.62. The van der Waals surface area contributed by atoms with Gasteiger partial charge in [-0.25, -0.2) is 0 Å². The van der Waals surface area contributed by atoms with Crippen molar-refractivity contribution in [2.75, 3.05) is 67.2 Å². The summed E-state index contributed by atoms with van der Waals surface area (Å²) in [4.78, 5) is 19.9. The Morgan fingerprint density at radius 2 is 2.03 bits per heavy atom. The van der Waals surface area contributed by atoms with Crippen LogP contribution in [-0.2, 0) is 0 Å². The van der Waals surface area contributed by atoms with Crippen LogP contribution in [0.2, 0.25) is 0 Å². The molecule has 1 aromatic carbocycles. The standard InChI is InChI=1S/C22H34N4O3/c1-24(2)8-9-25(3)13-18-14-26-7-6-16(18)10-19(26)12-23-22(27)17-4-5-20-21(11-17)29-15-28-20/h4-5,11,16,18-19H,6-10,12-15H2,1-3H3,(H,23,27)/t16-,18+,19+/m0/s1. The Bertz CT molecular complexity index is 726. The molecule has 0 aromatic heterocycles. The van der Waals surface area contributed by atoms with E-state index in [1.807, 2.05) is 0 Å². The quantitative estimate of drug-likeness (QED) is 0.708. The fourth-order valence-corrected chi connectivity index (χ4v) is 4.88. The van der Waals surface area contributed by atoms with E-state index in [-0.39, 0.29) is 12.7 Å². The molecule has 3 saturated heterocycles. The zero-order valence-corrected chi connectivity index (χ0v) is 17.9. The molecule has 5 rings (SSSR count). The molecule has 7 heteroatoms. The summed E-state index contributed by atoms with van der Waals surface area (Å²) in [5.41, 5.74) is 0.630. The zero-order valence-electron chi connectivity index (χ0n) is 17.9. The van der Waals surface area contributed by atoms with Gasteiger partial charge in [-0.15, -0.1) is 0 Å². The van der Waals surface area contributed by atoms with Crippen molar-refractivity contribution in [3.63, 3.8) is 0 Å². The average molecular weight is 403 g/mol. The molecule has 4 aliphatic heterocycles. The Morgan fingerprint density at radius 1 is 1.21 bits per heavy atom. The highest BCUT2D eigenvalue weighted by Gasteiger charge is 2.40. The average Bonchev–Trinajstić information content (AvgIpc) is 3.19. The van der Waals surface area contributed by atoms with Crippen molar-refractivity contribution < 1.29 is 14.3 Å². The minimum Gasteiger partial charge on any atom is -0.454 e. The van der Waals surface area contributed by atoms with E-state index in [4.69, 9.17) is 9.47 Å². The van der Waals surface area contributed by atoms with E-state index in [1.165, 1.54) is 19.4 Å². The molecule has 0 radical (unpaired) electrons. The van der Waals surface area contributed by atoms with E-state index in [9.17, 15) is 4.79 Å². The molecule has 1 unspecified atom stereocenters. The van der Waals surface area contributed by atoms with Crippen LogP contribution in [0, 0.1) is 11.8 Å². The second-order valence-corrected chi connectivity index (χ2v) is 9.04. The highest BCUT2D eigenvalue weighted by atomic mass is 16.7. The molecule has 0 spiro atoms. The Hall–Kier alpha value is -1.83. The number of benzene rings is 1. The first-order valence-corrected chi connectivity index (χ1v) is 10.7. The van der Waals surface area contributed by atoms with Crippen LogP contribution in [0.1, 0.15) is 23.2 Å². The normalized spacial score (nSPS) is 27.6. The van der Waals surface area contributed by atoms with Gasteiger partial charge < -0.3 is 24.6 Å². The highest BCUT2D eigenvalue weighted by Crippen LogP contribution is 2.36. The number of hydrogen-bond acceptors (Lipinski definition) is 6. The van der Waals surface area contributed by atoms with Crippen molar-refractivity contribution >= 4 is 5.91 Å². The Balaban J connectivity index is 1.26. The number of nitrogens with zero attached hydrogens (tertiary/aromatic N) is 3. The summed E-state index contributed by atoms with van der Waals surface area (Å²) >= 11 is 0. The fourth-order valence-electron chi connectivity index (χ4n) is 4.88. The van der Waals surface area contributed by atoms with Crippen LogP contribution in [0.15, 0.2) is 18.2 Å². The van der Waals surface area contributed by atoms with Gasteiger partial charge >= 0.3 is 0 Å². The van der Waals surface area contributed by atoms with Crippen LogP contribution < -0.4 is 14.8 Å². The molecule has 1 amide bonds. The van der Waals surface area contributed by atoms with Crippen molar-refractivity contribution in [1.29, 1.82) is 0 Å². The van der Waals surface area contributed by atoms with Crippen molar-refractivity contribution in [1.82, 2.24) is 20.0 Å². The van der Waals surface area contributed by atoms with Crippen molar-refractivity contribution in [3.05, 3.63) is 23.8 Å². The summed E-state index contributed by atoms with van der Waals surface area (Å²) < 4.78 is 10.7. The lowest BCUT2D eigenvalue weighted by Gasteiger charge is -2.50. The topological polar surface area (TPSA) is 57.3 Å². The van der Waals surface area contributed by atoms with E-state index < -0.39 is 0 Å². The molecular weight excluding hydrogens is 368 g/mol. The Labute approximate surface area is 173 Å². The van der Waals surface area contributed by atoms with Gasteiger partial charge in [0.1, 0.15) is 0 Å². The molecule has 4 aliphatic rings. The van der Waals surface area contributed by atoms with E-state index in [0.717, 1.165) is 38.0 Å². The number of carbonyl (C=O) groups excluding carboxylic acids is 1. The largest absolute Gasteiger partial charge is 0.454 e. The van der Waals surface area contributed by atoms with E-state index in [1.54, 1.807) is 18.2 Å². The lowest BCUT2D eigenvalue weighted by atomic mass is 9.75. The number of carbonyl (C=O) groups is 1. The monoisotopic (exact) mass is 402 g/mol. The third kappa shape index (κ3) is 4.85. The van der Waals surface area contributed by atoms with Crippen LogP contribution in [0.25, 0.3) is 0 Å². The number of ether oxygens (including phenoxy) is 2. The number of hydrogen-bond donors (Lipinski definition) is 1. The number of likely N-dealkylation sites (N-methyl/N-ethyl adjacent to an activating group) is 2. The first-order valence-electron chi connectivity index (χ1n) is 10.7. The van der Waals surface area contributed by atoms with Crippen LogP contribution >= 0.6 is 0 Å². The van der Waals surface area contributed by atoms with Gasteiger partial charge in [0.05, 0.1) is 0 Å². The van der Waals surface area contributed by atoms with Gasteiger partial charge in [0.15, 0.2) is 11.5 Å². The van der Waals surface area contributed by atoms with Crippen LogP contribution in [-0.4, -0.2) is 93.9 Å². The molecular formula is C22H34N4O3. The van der Waals surface area contributed by atoms with E-state index in [0.29, 0.717) is 29.6 Å². The summed E-state index contributed by atoms with van der Waals surface area (Å²) in [6.07, 6.45) is 2.48. The second kappa shape index (κ2) is 8.90. The first kappa shape index (κ1) is 20.4. The zero-order chi connectivity index (χ0) is 20.4. The predicted octanol–water partition coefficient (Wildman–Crippen LogP) is 1.35. The molecule has 7 nitrogen and oxygen atoms in total. The summed E-state index contributed by atoms with van der Waals surface area (Å²) in [5.74, 6) is 2.84. The predicted molar refractivity (Wildman–Crippen MR) is 113 cm³/mol. The fraction of sp³-hybridized carbons (Fsp3) is 0.682. The van der Waals surface area contributed by atoms with Gasteiger partial charge in [-0.2, -0.15) is 0 Å². The molecule has 0 aliphatic carbocycles. The molecule has 1 aromatic rings. The maximum absolute atomic E-state index is 12.6. The van der Waals surface area contributed by atoms with Gasteiger partial charge in [-0.1, -0.05) is 0 Å². The smallest absolute Gasteiger partial charge is 0.251 e. The van der Waals surface area contributed by atoms with Crippen molar-refractivity contribution in [3.8, 4) is 11.5 Å². The van der Waals surface area contributed by atoms with Gasteiger partial charge in [-0.3, -0.25) is 9.69 Å². The number of amides is 1. The highest BCUT2D eigenvalue weighted by molar-refractivity contribution is 5.94. The molecule has 160 valence electrons. The van der Waals surface area contributed by atoms with E-state index in [2.05, 4.69) is 41.2 Å². The number of piperidine rings is 3. The number of rotatable bonds is 8. The molecule has 4 atom stereocenters. The number of nitrogens with one attached hydrogen (secondary N) is 1. The summed E-state index contributed by atoms with van der Waals surface area (Å²) in [6, 6.07) is 5.83. The summed E-state index contributed by atoms with van der Waals surface area (Å²) in [5, 5.41) is 3.14. The first-order chi connectivity index (χ1) is 14.0. The molecule has 3 fully saturated rings. The Morgan fingerprint density at radius 3 is 2.79 bits per heavy atom. The van der Waals surface area contributed by atoms with Gasteiger partial charge in [-0.05, 0) is 70.6 Å². The van der Waals surface area contributed by atoms with Gasteiger partial charge in [0.2, 0.25) is 6.79 Å². The molecule has 1 N–H and O–H groups in total. The minimum atomic E-state index is -0.0362. The maximum atomic E-state index is 12.6. The lowest BCUT2D eigenvalue weighted by molar-refractivity contribution is -0.00916. The maximum Gasteiger partial charge on any atom is 0.251 e. The molecule has 4 heterocycles. The van der Waals surface area contributed by atoms with Crippen molar-refractivity contribution in [2.24, 2.45) is 11.8 Å². The molecule has 0 saturated carbocycles. The summed E-state index contributed by atoms with van der Waals surface area (Å²) in [7, 11) is 6.50. The SMILES string of the molecule is CN(C)CCN(C)C[C@@H]1CN2CC[C@H]1C[C@@H]2CNC(=O)c1ccc2c(c1)OCO2. The van der Waals surface area contributed by atoms with E-state index >= 15 is 0 Å².